The highest BCUT2D eigenvalue weighted by molar-refractivity contribution is 7.13. The van der Waals surface area contributed by atoms with Gasteiger partial charge in [-0.15, -0.1) is 11.3 Å². The average molecular weight is 297 g/mol. The summed E-state index contributed by atoms with van der Waals surface area (Å²) in [6.07, 6.45) is 1.32. The molecule has 0 aromatic carbocycles. The summed E-state index contributed by atoms with van der Waals surface area (Å²) in [7, 11) is 0. The van der Waals surface area contributed by atoms with Crippen LogP contribution in [0.15, 0.2) is 23.7 Å². The van der Waals surface area contributed by atoms with Crippen molar-refractivity contribution in [3.05, 3.63) is 44.9 Å². The minimum absolute atomic E-state index is 0.133. The van der Waals surface area contributed by atoms with E-state index in [0.717, 1.165) is 5.56 Å². The second-order valence-corrected chi connectivity index (χ2v) is 5.01. The van der Waals surface area contributed by atoms with Gasteiger partial charge < -0.3 is 10.4 Å². The molecule has 2 aromatic heterocycles. The molecule has 0 radical (unpaired) electrons. The van der Waals surface area contributed by atoms with Crippen LogP contribution in [-0.2, 0) is 0 Å². The van der Waals surface area contributed by atoms with Crippen LogP contribution in [0.4, 0.5) is 5.69 Å². The lowest BCUT2D eigenvalue weighted by atomic mass is 10.3. The Bertz CT molecular complexity index is 654. The Labute approximate surface area is 117 Å². The lowest BCUT2D eigenvalue weighted by molar-refractivity contribution is 0.0690. The highest BCUT2D eigenvalue weighted by Crippen LogP contribution is 2.27. The first-order chi connectivity index (χ1) is 8.99. The van der Waals surface area contributed by atoms with Crippen LogP contribution in [0.5, 0.6) is 0 Å². The summed E-state index contributed by atoms with van der Waals surface area (Å²) in [5.41, 5.74) is 1.06. The number of carboxylic acids is 1. The van der Waals surface area contributed by atoms with E-state index in [9.17, 15) is 9.59 Å². The van der Waals surface area contributed by atoms with Gasteiger partial charge in [0, 0.05) is 11.9 Å². The molecule has 0 aliphatic heterocycles. The normalized spacial score (nSPS) is 10.2. The van der Waals surface area contributed by atoms with Gasteiger partial charge in [-0.05, 0) is 30.0 Å². The number of aryl methyl sites for hydroxylation is 1. The quantitative estimate of drug-likeness (QED) is 0.912. The number of rotatable bonds is 3. The van der Waals surface area contributed by atoms with Crippen molar-refractivity contribution in [1.29, 1.82) is 0 Å². The van der Waals surface area contributed by atoms with Crippen molar-refractivity contribution < 1.29 is 14.7 Å². The molecule has 0 unspecified atom stereocenters. The van der Waals surface area contributed by atoms with E-state index < -0.39 is 5.97 Å². The SMILES string of the molecule is Cc1csc(C(=O)Nc2ccnc(C(=O)O)c2)c1Cl. The highest BCUT2D eigenvalue weighted by Gasteiger charge is 2.15. The Morgan fingerprint density at radius 2 is 2.21 bits per heavy atom. The molecule has 0 saturated heterocycles. The van der Waals surface area contributed by atoms with Crippen molar-refractivity contribution in [2.24, 2.45) is 0 Å². The molecule has 0 aliphatic rings. The van der Waals surface area contributed by atoms with Gasteiger partial charge >= 0.3 is 5.97 Å². The van der Waals surface area contributed by atoms with Gasteiger partial charge in [-0.2, -0.15) is 0 Å². The summed E-state index contributed by atoms with van der Waals surface area (Å²) in [6, 6.07) is 2.80. The van der Waals surface area contributed by atoms with Gasteiger partial charge in [-0.25, -0.2) is 9.78 Å². The minimum atomic E-state index is -1.15. The third-order valence-corrected chi connectivity index (χ3v) is 4.04. The van der Waals surface area contributed by atoms with Crippen molar-refractivity contribution in [3.63, 3.8) is 0 Å². The fourth-order valence-electron chi connectivity index (χ4n) is 1.40. The van der Waals surface area contributed by atoms with Crippen molar-refractivity contribution >= 4 is 40.5 Å². The van der Waals surface area contributed by atoms with Crippen LogP contribution in [-0.4, -0.2) is 22.0 Å². The number of pyridine rings is 1. The van der Waals surface area contributed by atoms with E-state index in [4.69, 9.17) is 16.7 Å². The number of aromatic nitrogens is 1. The van der Waals surface area contributed by atoms with E-state index in [-0.39, 0.29) is 11.6 Å². The number of carbonyl (C=O) groups is 2. The molecule has 2 N–H and O–H groups in total. The van der Waals surface area contributed by atoms with Crippen molar-refractivity contribution in [1.82, 2.24) is 4.98 Å². The average Bonchev–Trinajstić information content (AvgIpc) is 2.70. The zero-order valence-electron chi connectivity index (χ0n) is 9.81. The Morgan fingerprint density at radius 1 is 1.47 bits per heavy atom. The molecule has 98 valence electrons. The first-order valence-electron chi connectivity index (χ1n) is 5.23. The standard InChI is InChI=1S/C12H9ClN2O3S/c1-6-5-19-10(9(6)13)11(16)15-7-2-3-14-8(4-7)12(17)18/h2-5H,1H3,(H,17,18)(H,14,15,16). The zero-order chi connectivity index (χ0) is 14.0. The van der Waals surface area contributed by atoms with Gasteiger partial charge in [0.2, 0.25) is 0 Å². The Kier molecular flexibility index (Phi) is 3.82. The number of halogens is 1. The number of nitrogens with zero attached hydrogens (tertiary/aromatic N) is 1. The molecule has 19 heavy (non-hydrogen) atoms. The molecule has 0 atom stereocenters. The maximum Gasteiger partial charge on any atom is 0.354 e. The van der Waals surface area contributed by atoms with Crippen LogP contribution in [0.3, 0.4) is 0 Å². The van der Waals surface area contributed by atoms with Gasteiger partial charge in [-0.1, -0.05) is 11.6 Å². The predicted octanol–water partition coefficient (Wildman–Crippen LogP) is 3.06. The van der Waals surface area contributed by atoms with Crippen LogP contribution in [0.25, 0.3) is 0 Å². The number of hydrogen-bond donors (Lipinski definition) is 2. The molecule has 5 nitrogen and oxygen atoms in total. The number of nitrogens with one attached hydrogen (secondary N) is 1. The molecule has 2 aromatic rings. The maximum atomic E-state index is 12.0. The van der Waals surface area contributed by atoms with Crippen LogP contribution in [0, 0.1) is 6.92 Å². The fraction of sp³-hybridized carbons (Fsp3) is 0.0833. The molecule has 0 spiro atoms. The van der Waals surface area contributed by atoms with Crippen molar-refractivity contribution in [2.75, 3.05) is 5.32 Å². The number of carbonyl (C=O) groups excluding carboxylic acids is 1. The Balaban J connectivity index is 2.22. The number of thiophene rings is 1. The molecule has 0 saturated carbocycles. The molecular formula is C12H9ClN2O3S. The number of hydrogen-bond acceptors (Lipinski definition) is 4. The van der Waals surface area contributed by atoms with E-state index in [1.54, 1.807) is 5.38 Å². The zero-order valence-corrected chi connectivity index (χ0v) is 11.4. The van der Waals surface area contributed by atoms with Gasteiger partial charge in [-0.3, -0.25) is 4.79 Å². The minimum Gasteiger partial charge on any atom is -0.477 e. The number of anilines is 1. The van der Waals surface area contributed by atoms with Crippen LogP contribution >= 0.6 is 22.9 Å². The Morgan fingerprint density at radius 3 is 2.79 bits per heavy atom. The fourth-order valence-corrected chi connectivity index (χ4v) is 2.57. The molecule has 0 fully saturated rings. The van der Waals surface area contributed by atoms with Gasteiger partial charge in [0.15, 0.2) is 0 Å². The van der Waals surface area contributed by atoms with Crippen molar-refractivity contribution in [2.45, 2.75) is 6.92 Å². The van der Waals surface area contributed by atoms with E-state index >= 15 is 0 Å². The summed E-state index contributed by atoms with van der Waals surface area (Å²) in [4.78, 5) is 26.8. The molecule has 2 rings (SSSR count). The van der Waals surface area contributed by atoms with Gasteiger partial charge in [0.1, 0.15) is 10.6 Å². The first kappa shape index (κ1) is 13.5. The number of amides is 1. The molecule has 2 heterocycles. The number of carboxylic acid groups (broad SMARTS) is 1. The van der Waals surface area contributed by atoms with Gasteiger partial charge in [0.25, 0.3) is 5.91 Å². The predicted molar refractivity (Wildman–Crippen MR) is 73.2 cm³/mol. The maximum absolute atomic E-state index is 12.0. The topological polar surface area (TPSA) is 79.3 Å². The molecule has 0 bridgehead atoms. The Hall–Kier alpha value is -1.92. The second kappa shape index (κ2) is 5.38. The molecule has 1 amide bonds. The molecular weight excluding hydrogens is 288 g/mol. The van der Waals surface area contributed by atoms with Gasteiger partial charge in [0.05, 0.1) is 5.02 Å². The van der Waals surface area contributed by atoms with Crippen LogP contribution < -0.4 is 5.32 Å². The summed E-state index contributed by atoms with van der Waals surface area (Å²) in [5.74, 6) is -1.52. The molecule has 0 aliphatic carbocycles. The number of aromatic carboxylic acids is 1. The van der Waals surface area contributed by atoms with E-state index in [2.05, 4.69) is 10.3 Å². The highest BCUT2D eigenvalue weighted by atomic mass is 35.5. The molecule has 7 heteroatoms. The summed E-state index contributed by atoms with van der Waals surface area (Å²) < 4.78 is 0. The lowest BCUT2D eigenvalue weighted by Crippen LogP contribution is -2.12. The third kappa shape index (κ3) is 2.91. The summed E-state index contributed by atoms with van der Waals surface area (Å²) in [6.45, 7) is 1.81. The summed E-state index contributed by atoms with van der Waals surface area (Å²) in [5, 5.41) is 13.6. The van der Waals surface area contributed by atoms with Crippen molar-refractivity contribution in [3.8, 4) is 0 Å². The lowest BCUT2D eigenvalue weighted by Gasteiger charge is -2.04. The van der Waals surface area contributed by atoms with E-state index in [1.165, 1.54) is 29.7 Å². The first-order valence-corrected chi connectivity index (χ1v) is 6.49. The van der Waals surface area contributed by atoms with Crippen LogP contribution in [0.2, 0.25) is 5.02 Å². The second-order valence-electron chi connectivity index (χ2n) is 3.75. The van der Waals surface area contributed by atoms with E-state index in [0.29, 0.717) is 15.6 Å². The largest absolute Gasteiger partial charge is 0.477 e. The third-order valence-electron chi connectivity index (χ3n) is 2.34. The van der Waals surface area contributed by atoms with E-state index in [1.807, 2.05) is 6.92 Å². The monoisotopic (exact) mass is 296 g/mol. The summed E-state index contributed by atoms with van der Waals surface area (Å²) >= 11 is 7.23. The van der Waals surface area contributed by atoms with Crippen LogP contribution in [0.1, 0.15) is 25.7 Å². The smallest absolute Gasteiger partial charge is 0.354 e.